The van der Waals surface area contributed by atoms with E-state index in [1.807, 2.05) is 0 Å². The van der Waals surface area contributed by atoms with Gasteiger partial charge in [0.25, 0.3) is 0 Å². The van der Waals surface area contributed by atoms with Crippen LogP contribution in [-0.4, -0.2) is 39.8 Å². The molecule has 0 saturated heterocycles. The molecular formula is C12H19ClN2O4. The molecular weight excluding hydrogens is 272 g/mol. The molecule has 6 nitrogen and oxygen atoms in total. The van der Waals surface area contributed by atoms with E-state index in [1.165, 1.54) is 0 Å². The van der Waals surface area contributed by atoms with Crippen molar-refractivity contribution in [3.63, 3.8) is 0 Å². The summed E-state index contributed by atoms with van der Waals surface area (Å²) in [7, 11) is 3.14. The van der Waals surface area contributed by atoms with Crippen LogP contribution < -0.4 is 25.3 Å². The van der Waals surface area contributed by atoms with Gasteiger partial charge in [0.15, 0.2) is 0 Å². The zero-order chi connectivity index (χ0) is 13.4. The standard InChI is InChI=1S/C12H18N2O4.ClH/c1-16-9-5-10(17-2)7-11(6-9)18-4-3-14-12(15)8-13;/h5-7H,3-4,8,13H2,1-2H3,(H,14,15);1H. The molecule has 0 aliphatic carbocycles. The minimum Gasteiger partial charge on any atom is -0.496 e. The molecule has 7 heteroatoms. The van der Waals surface area contributed by atoms with Crippen molar-refractivity contribution in [1.29, 1.82) is 0 Å². The van der Waals surface area contributed by atoms with Crippen molar-refractivity contribution in [3.8, 4) is 17.2 Å². The highest BCUT2D eigenvalue weighted by molar-refractivity contribution is 5.85. The number of ether oxygens (including phenoxy) is 3. The van der Waals surface area contributed by atoms with Crippen LogP contribution in [0.2, 0.25) is 0 Å². The largest absolute Gasteiger partial charge is 0.496 e. The van der Waals surface area contributed by atoms with Crippen molar-refractivity contribution in [1.82, 2.24) is 5.32 Å². The molecule has 3 N–H and O–H groups in total. The maximum atomic E-state index is 10.9. The van der Waals surface area contributed by atoms with Gasteiger partial charge in [0.2, 0.25) is 5.91 Å². The summed E-state index contributed by atoms with van der Waals surface area (Å²) in [5.74, 6) is 1.71. The molecule has 0 atom stereocenters. The number of rotatable bonds is 7. The Hall–Kier alpha value is -1.66. The highest BCUT2D eigenvalue weighted by Crippen LogP contribution is 2.27. The summed E-state index contributed by atoms with van der Waals surface area (Å²) in [4.78, 5) is 10.9. The second-order valence-electron chi connectivity index (χ2n) is 3.45. The fraction of sp³-hybridized carbons (Fsp3) is 0.417. The number of benzene rings is 1. The number of nitrogens with one attached hydrogen (secondary N) is 1. The number of carbonyl (C=O) groups excluding carboxylic acids is 1. The van der Waals surface area contributed by atoms with Gasteiger partial charge in [-0.1, -0.05) is 0 Å². The zero-order valence-corrected chi connectivity index (χ0v) is 11.8. The third-order valence-corrected chi connectivity index (χ3v) is 2.20. The fourth-order valence-electron chi connectivity index (χ4n) is 1.30. The second kappa shape index (κ2) is 9.29. The minimum atomic E-state index is -0.207. The number of hydrogen-bond acceptors (Lipinski definition) is 5. The van der Waals surface area contributed by atoms with Gasteiger partial charge in [-0.25, -0.2) is 0 Å². The van der Waals surface area contributed by atoms with E-state index in [0.717, 1.165) is 0 Å². The van der Waals surface area contributed by atoms with Gasteiger partial charge >= 0.3 is 0 Å². The van der Waals surface area contributed by atoms with E-state index in [1.54, 1.807) is 32.4 Å². The number of carbonyl (C=O) groups is 1. The fourth-order valence-corrected chi connectivity index (χ4v) is 1.30. The van der Waals surface area contributed by atoms with Crippen molar-refractivity contribution < 1.29 is 19.0 Å². The molecule has 1 aromatic rings. The van der Waals surface area contributed by atoms with Crippen LogP contribution in [0.25, 0.3) is 0 Å². The lowest BCUT2D eigenvalue weighted by Gasteiger charge is -2.10. The van der Waals surface area contributed by atoms with E-state index >= 15 is 0 Å². The molecule has 0 aliphatic rings. The molecule has 0 fully saturated rings. The second-order valence-corrected chi connectivity index (χ2v) is 3.45. The lowest BCUT2D eigenvalue weighted by molar-refractivity contribution is -0.119. The molecule has 1 rings (SSSR count). The van der Waals surface area contributed by atoms with E-state index in [0.29, 0.717) is 30.4 Å². The molecule has 0 saturated carbocycles. The van der Waals surface area contributed by atoms with E-state index < -0.39 is 0 Å². The monoisotopic (exact) mass is 290 g/mol. The summed E-state index contributed by atoms with van der Waals surface area (Å²) in [5.41, 5.74) is 5.16. The maximum absolute atomic E-state index is 10.9. The van der Waals surface area contributed by atoms with E-state index in [9.17, 15) is 4.79 Å². The smallest absolute Gasteiger partial charge is 0.233 e. The Labute approximate surface area is 118 Å². The molecule has 19 heavy (non-hydrogen) atoms. The molecule has 0 spiro atoms. The quantitative estimate of drug-likeness (QED) is 0.718. The first kappa shape index (κ1) is 17.3. The van der Waals surface area contributed by atoms with Crippen molar-refractivity contribution in [2.45, 2.75) is 0 Å². The Morgan fingerprint density at radius 2 is 1.68 bits per heavy atom. The predicted octanol–water partition coefficient (Wildman–Crippen LogP) is 0.579. The molecule has 0 unspecified atom stereocenters. The molecule has 1 amide bonds. The predicted molar refractivity (Wildman–Crippen MR) is 74.4 cm³/mol. The average Bonchev–Trinajstić information content (AvgIpc) is 2.42. The first-order valence-electron chi connectivity index (χ1n) is 5.52. The van der Waals surface area contributed by atoms with Crippen molar-refractivity contribution in [2.75, 3.05) is 33.9 Å². The van der Waals surface area contributed by atoms with Gasteiger partial charge in [-0.2, -0.15) is 0 Å². The lowest BCUT2D eigenvalue weighted by Crippen LogP contribution is -2.33. The summed E-state index contributed by atoms with van der Waals surface area (Å²) in [6, 6.07) is 5.24. The third-order valence-electron chi connectivity index (χ3n) is 2.20. The summed E-state index contributed by atoms with van der Waals surface area (Å²) in [6.07, 6.45) is 0. The lowest BCUT2D eigenvalue weighted by atomic mass is 10.3. The Kier molecular flexibility index (Phi) is 8.48. The van der Waals surface area contributed by atoms with Gasteiger partial charge < -0.3 is 25.3 Å². The van der Waals surface area contributed by atoms with Crippen LogP contribution >= 0.6 is 12.4 Å². The number of halogens is 1. The van der Waals surface area contributed by atoms with Gasteiger partial charge in [0, 0.05) is 18.2 Å². The van der Waals surface area contributed by atoms with Crippen LogP contribution in [0.4, 0.5) is 0 Å². The Bertz CT molecular complexity index is 379. The van der Waals surface area contributed by atoms with Gasteiger partial charge in [-0.3, -0.25) is 4.79 Å². The van der Waals surface area contributed by atoms with E-state index in [-0.39, 0.29) is 24.9 Å². The summed E-state index contributed by atoms with van der Waals surface area (Å²) in [6.45, 7) is 0.727. The molecule has 0 aromatic heterocycles. The zero-order valence-electron chi connectivity index (χ0n) is 11.0. The molecule has 0 heterocycles. The van der Waals surface area contributed by atoms with Gasteiger partial charge in [-0.15, -0.1) is 12.4 Å². The summed E-state index contributed by atoms with van der Waals surface area (Å²) < 4.78 is 15.7. The summed E-state index contributed by atoms with van der Waals surface area (Å²) >= 11 is 0. The average molecular weight is 291 g/mol. The maximum Gasteiger partial charge on any atom is 0.233 e. The number of amides is 1. The first-order chi connectivity index (χ1) is 8.69. The number of hydrogen-bond donors (Lipinski definition) is 2. The molecule has 108 valence electrons. The topological polar surface area (TPSA) is 82.8 Å². The van der Waals surface area contributed by atoms with E-state index in [4.69, 9.17) is 19.9 Å². The molecule has 0 bridgehead atoms. The van der Waals surface area contributed by atoms with Crippen LogP contribution in [-0.2, 0) is 4.79 Å². The molecule has 1 aromatic carbocycles. The van der Waals surface area contributed by atoms with Crippen LogP contribution in [0.3, 0.4) is 0 Å². The summed E-state index contributed by atoms with van der Waals surface area (Å²) in [5, 5.41) is 2.61. The van der Waals surface area contributed by atoms with Gasteiger partial charge in [0.1, 0.15) is 23.9 Å². The highest BCUT2D eigenvalue weighted by Gasteiger charge is 2.03. The Morgan fingerprint density at radius 3 is 2.16 bits per heavy atom. The number of nitrogens with two attached hydrogens (primary N) is 1. The van der Waals surface area contributed by atoms with Crippen molar-refractivity contribution in [2.24, 2.45) is 5.73 Å². The normalized spacial score (nSPS) is 9.21. The number of methoxy groups -OCH3 is 2. The van der Waals surface area contributed by atoms with Crippen molar-refractivity contribution >= 4 is 18.3 Å². The third kappa shape index (κ3) is 6.17. The van der Waals surface area contributed by atoms with Crippen molar-refractivity contribution in [3.05, 3.63) is 18.2 Å². The molecule has 0 radical (unpaired) electrons. The van der Waals surface area contributed by atoms with Crippen LogP contribution in [0.5, 0.6) is 17.2 Å². The van der Waals surface area contributed by atoms with Gasteiger partial charge in [-0.05, 0) is 0 Å². The molecule has 0 aliphatic heterocycles. The van der Waals surface area contributed by atoms with Gasteiger partial charge in [0.05, 0.1) is 27.3 Å². The first-order valence-corrected chi connectivity index (χ1v) is 5.52. The SMILES string of the molecule is COc1cc(OC)cc(OCCNC(=O)CN)c1.Cl. The van der Waals surface area contributed by atoms with E-state index in [2.05, 4.69) is 5.32 Å². The Balaban J connectivity index is 0.00000324. The Morgan fingerprint density at radius 1 is 1.16 bits per heavy atom. The van der Waals surface area contributed by atoms with Crippen LogP contribution in [0.15, 0.2) is 18.2 Å². The van der Waals surface area contributed by atoms with Crippen LogP contribution in [0.1, 0.15) is 0 Å². The minimum absolute atomic E-state index is 0. The van der Waals surface area contributed by atoms with Crippen LogP contribution in [0, 0.1) is 0 Å². The highest BCUT2D eigenvalue weighted by atomic mass is 35.5.